The lowest BCUT2D eigenvalue weighted by molar-refractivity contribution is -0.117. The maximum atomic E-state index is 13.8. The van der Waals surface area contributed by atoms with Gasteiger partial charge in [0.25, 0.3) is 0 Å². The van der Waals surface area contributed by atoms with Crippen LogP contribution < -0.4 is 11.1 Å². The number of carbonyl (C=O) groups is 2. The van der Waals surface area contributed by atoms with E-state index in [0.717, 1.165) is 6.42 Å². The van der Waals surface area contributed by atoms with Crippen molar-refractivity contribution in [3.8, 4) is 5.75 Å². The summed E-state index contributed by atoms with van der Waals surface area (Å²) in [6.07, 6.45) is -0.0617. The van der Waals surface area contributed by atoms with Crippen LogP contribution in [0.15, 0.2) is 46.0 Å². The van der Waals surface area contributed by atoms with Crippen molar-refractivity contribution in [2.45, 2.75) is 56.3 Å². The number of ketones is 1. The van der Waals surface area contributed by atoms with Crippen LogP contribution in [0, 0.1) is 16.7 Å². The fourth-order valence-corrected chi connectivity index (χ4v) is 6.63. The molecule has 1 aromatic carbocycles. The summed E-state index contributed by atoms with van der Waals surface area (Å²) in [7, 11) is 3.18. The van der Waals surface area contributed by atoms with Gasteiger partial charge in [0.05, 0.1) is 29.3 Å². The van der Waals surface area contributed by atoms with Gasteiger partial charge in [-0.3, -0.25) is 14.5 Å². The van der Waals surface area contributed by atoms with Crippen molar-refractivity contribution in [2.24, 2.45) is 22.7 Å². The van der Waals surface area contributed by atoms with Crippen molar-refractivity contribution in [2.75, 3.05) is 20.6 Å². The van der Waals surface area contributed by atoms with E-state index in [0.29, 0.717) is 12.0 Å². The van der Waals surface area contributed by atoms with Gasteiger partial charge in [-0.05, 0) is 44.6 Å². The van der Waals surface area contributed by atoms with Crippen LogP contribution in [0.3, 0.4) is 0 Å². The molecule has 2 unspecified atom stereocenters. The molecule has 7 N–H and O–H groups in total. The number of unbranched alkanes of at least 4 members (excludes halogenated alkanes) is 1. The molecule has 0 fully saturated rings. The quantitative estimate of drug-likeness (QED) is 0.232. The third-order valence-corrected chi connectivity index (χ3v) is 8.26. The summed E-state index contributed by atoms with van der Waals surface area (Å²) >= 11 is 0. The molecule has 0 heterocycles. The minimum absolute atomic E-state index is 0.0246. The molecule has 37 heavy (non-hydrogen) atoms. The molecule has 3 aliphatic rings. The van der Waals surface area contributed by atoms with Crippen LogP contribution in [-0.2, 0) is 4.79 Å². The van der Waals surface area contributed by atoms with Crippen molar-refractivity contribution in [3.63, 3.8) is 0 Å². The van der Waals surface area contributed by atoms with Gasteiger partial charge in [0.15, 0.2) is 11.3 Å². The number of phenolic OH excluding ortho intramolecular Hbond substituents is 1. The Morgan fingerprint density at radius 2 is 1.92 bits per heavy atom. The predicted octanol–water partition coefficient (Wildman–Crippen LogP) is 1.62. The topological polar surface area (TPSA) is 186 Å². The second-order valence-corrected chi connectivity index (χ2v) is 10.4. The number of nitrogens with two attached hydrogens (primary N) is 1. The van der Waals surface area contributed by atoms with Gasteiger partial charge in [-0.15, -0.1) is 4.91 Å². The van der Waals surface area contributed by atoms with E-state index in [-0.39, 0.29) is 29.0 Å². The fourth-order valence-electron chi connectivity index (χ4n) is 6.63. The average Bonchev–Trinajstić information content (AvgIpc) is 2.84. The number of nitroso groups, excluding NO2 is 1. The van der Waals surface area contributed by atoms with E-state index in [1.165, 1.54) is 11.0 Å². The number of amides is 1. The molecule has 0 spiro atoms. The molecule has 0 radical (unpaired) electrons. The summed E-state index contributed by atoms with van der Waals surface area (Å²) in [5.41, 5.74) is 3.31. The molecule has 0 aromatic heterocycles. The second-order valence-electron chi connectivity index (χ2n) is 10.4. The van der Waals surface area contributed by atoms with Crippen molar-refractivity contribution in [1.29, 1.82) is 0 Å². The van der Waals surface area contributed by atoms with Crippen molar-refractivity contribution < 1.29 is 30.0 Å². The molecule has 0 saturated heterocycles. The molecular weight excluding hydrogens is 480 g/mol. The Hall–Kier alpha value is -3.28. The Bertz CT molecular complexity index is 1210. The summed E-state index contributed by atoms with van der Waals surface area (Å²) in [4.78, 5) is 40.8. The summed E-state index contributed by atoms with van der Waals surface area (Å²) in [6, 6.07) is 2.06. The molecule has 1 aromatic rings. The number of hydrogen-bond donors (Lipinski definition) is 6. The van der Waals surface area contributed by atoms with Gasteiger partial charge >= 0.3 is 0 Å². The fraction of sp³-hybridized carbons (Fsp3) is 0.538. The van der Waals surface area contributed by atoms with Crippen LogP contribution in [0.1, 0.15) is 48.5 Å². The van der Waals surface area contributed by atoms with Crippen molar-refractivity contribution in [1.82, 2.24) is 10.2 Å². The summed E-state index contributed by atoms with van der Waals surface area (Å²) < 4.78 is 0. The predicted molar refractivity (Wildman–Crippen MR) is 135 cm³/mol. The number of nitrogens with zero attached hydrogens (tertiary/aromatic N) is 2. The number of fused-ring (bicyclic) bond motifs is 3. The van der Waals surface area contributed by atoms with E-state index < -0.39 is 64.7 Å². The van der Waals surface area contributed by atoms with Gasteiger partial charge in [0.2, 0.25) is 5.91 Å². The molecule has 4 rings (SSSR count). The van der Waals surface area contributed by atoms with Crippen LogP contribution in [0.5, 0.6) is 5.75 Å². The number of aliphatic hydroxyl groups is 3. The molecule has 11 heteroatoms. The number of hydrogen-bond acceptors (Lipinski definition) is 10. The number of aliphatic hydroxyl groups excluding tert-OH is 3. The lowest BCUT2D eigenvalue weighted by Crippen LogP contribution is -2.71. The maximum absolute atomic E-state index is 13.8. The normalized spacial score (nSPS) is 33.2. The number of primary amides is 1. The van der Waals surface area contributed by atoms with E-state index in [9.17, 15) is 34.9 Å². The van der Waals surface area contributed by atoms with E-state index in [4.69, 9.17) is 5.73 Å². The number of aromatic hydroxyl groups is 1. The van der Waals surface area contributed by atoms with Crippen LogP contribution in [0.4, 0.5) is 0 Å². The molecular formula is C26H34N4O7. The zero-order valence-corrected chi connectivity index (χ0v) is 21.3. The highest BCUT2D eigenvalue weighted by molar-refractivity contribution is 6.14. The van der Waals surface area contributed by atoms with Gasteiger partial charge < -0.3 is 31.5 Å². The number of benzene rings is 1. The Labute approximate surface area is 214 Å². The first-order valence-electron chi connectivity index (χ1n) is 12.4. The highest BCUT2D eigenvalue weighted by atomic mass is 16.3. The lowest BCUT2D eigenvalue weighted by atomic mass is 9.53. The van der Waals surface area contributed by atoms with Crippen LogP contribution in [-0.4, -0.2) is 81.4 Å². The lowest BCUT2D eigenvalue weighted by Gasteiger charge is -2.56. The van der Waals surface area contributed by atoms with Crippen LogP contribution >= 0.6 is 0 Å². The number of Topliss-reactive ketones (excluding diaryl/α,β-unsaturated/α-hetero) is 1. The largest absolute Gasteiger partial charge is 0.510 e. The molecule has 3 aliphatic carbocycles. The third kappa shape index (κ3) is 3.59. The molecule has 200 valence electrons. The Morgan fingerprint density at radius 3 is 2.49 bits per heavy atom. The summed E-state index contributed by atoms with van der Waals surface area (Å²) in [5.74, 6) is -5.94. The van der Waals surface area contributed by atoms with Crippen LogP contribution in [0.25, 0.3) is 0 Å². The Kier molecular flexibility index (Phi) is 6.91. The van der Waals surface area contributed by atoms with Gasteiger partial charge in [0.1, 0.15) is 17.3 Å². The number of phenols is 1. The summed E-state index contributed by atoms with van der Waals surface area (Å²) in [6.45, 7) is 3.96. The van der Waals surface area contributed by atoms with E-state index in [1.807, 2.05) is 6.92 Å². The second kappa shape index (κ2) is 9.55. The average molecular weight is 515 g/mol. The SMILES string of the molecule is CCCCN[C@@H]1C(C(N)=O)=C(O)[C@@H](N(C)C)C2[C@@H](O)C3C(=C(O)[C@@]21N=O)C(=O)c1c(O)cccc1[C@@H]3C. The van der Waals surface area contributed by atoms with Gasteiger partial charge in [0, 0.05) is 17.4 Å². The van der Waals surface area contributed by atoms with Crippen molar-refractivity contribution >= 4 is 11.7 Å². The zero-order valence-electron chi connectivity index (χ0n) is 21.3. The molecule has 0 saturated carbocycles. The van der Waals surface area contributed by atoms with E-state index in [2.05, 4.69) is 10.5 Å². The van der Waals surface area contributed by atoms with Gasteiger partial charge in [-0.1, -0.05) is 37.6 Å². The molecule has 0 aliphatic heterocycles. The first-order valence-corrected chi connectivity index (χ1v) is 12.4. The van der Waals surface area contributed by atoms with Gasteiger partial charge in [-0.25, -0.2) is 0 Å². The Balaban J connectivity index is 2.08. The Morgan fingerprint density at radius 1 is 1.24 bits per heavy atom. The molecule has 11 nitrogen and oxygen atoms in total. The van der Waals surface area contributed by atoms with E-state index >= 15 is 0 Å². The monoisotopic (exact) mass is 514 g/mol. The first kappa shape index (κ1) is 26.8. The molecule has 0 bridgehead atoms. The highest BCUT2D eigenvalue weighted by Crippen LogP contribution is 2.57. The summed E-state index contributed by atoms with van der Waals surface area (Å²) in [5, 5.41) is 51.9. The minimum Gasteiger partial charge on any atom is -0.510 e. The van der Waals surface area contributed by atoms with E-state index in [1.54, 1.807) is 33.2 Å². The maximum Gasteiger partial charge on any atom is 0.249 e. The molecule has 1 amide bonds. The van der Waals surface area contributed by atoms with Gasteiger partial charge in [-0.2, -0.15) is 0 Å². The third-order valence-electron chi connectivity index (χ3n) is 8.26. The minimum atomic E-state index is -2.25. The number of carbonyl (C=O) groups excluding carboxylic acids is 2. The standard InChI is InChI=1S/C26H34N4O7/c1-5-6-10-28-23-17(25(27)36)22(34)19(30(3)4)18-21(33)14-11(2)12-8-7-9-13(31)15(12)20(32)16(14)24(35)26(18,23)29-37/h7-9,11,14,18-19,21,23,28,31,33-35H,5-6,10H2,1-4H3,(H2,27,36)/t11-,14?,18?,19-,21-,23+,26+/m0/s1. The smallest absolute Gasteiger partial charge is 0.249 e. The van der Waals surface area contributed by atoms with Crippen molar-refractivity contribution in [3.05, 3.63) is 56.9 Å². The number of rotatable bonds is 7. The number of likely N-dealkylation sites (N-methyl/N-ethyl adjacent to an activating group) is 1. The highest BCUT2D eigenvalue weighted by Gasteiger charge is 2.69. The van der Waals surface area contributed by atoms with Crippen LogP contribution in [0.2, 0.25) is 0 Å². The zero-order chi connectivity index (χ0) is 27.4. The number of nitrogens with one attached hydrogen (secondary N) is 1. The molecule has 7 atom stereocenters. The first-order chi connectivity index (χ1) is 17.5.